The van der Waals surface area contributed by atoms with Crippen molar-refractivity contribution in [3.8, 4) is 11.1 Å². The maximum atomic E-state index is 3.30. The minimum Gasteiger partial charge on any atom is -1.00 e. The van der Waals surface area contributed by atoms with Crippen molar-refractivity contribution < 1.29 is 51.0 Å². The first-order valence-corrected chi connectivity index (χ1v) is 6.94. The van der Waals surface area contributed by atoms with Crippen molar-refractivity contribution in [1.29, 1.82) is 0 Å². The number of halogens is 2. The van der Waals surface area contributed by atoms with E-state index in [0.29, 0.717) is 0 Å². The standard InChI is InChI=1S/C13H9.C6H9N.2ClH.H3Si.Zr/c1-3-7-12-10(5-1)9-11-6-2-4-8-13(11)12;1-5-3-4-7-6(5)2;;;;/h1-5,7-8H,9H2;3-4,7H,1-2H3;2*1H;1H3;/q-1;;;;;+3/p-2. The predicted molar refractivity (Wildman–Crippen MR) is 93.7 cm³/mol. The van der Waals surface area contributed by atoms with E-state index < -0.39 is 0 Å². The fourth-order valence-electron chi connectivity index (χ4n) is 2.53. The van der Waals surface area contributed by atoms with Crippen molar-refractivity contribution in [2.45, 2.75) is 20.3 Å². The smallest absolute Gasteiger partial charge is 1.00 e. The summed E-state index contributed by atoms with van der Waals surface area (Å²) in [5.74, 6) is 0. The van der Waals surface area contributed by atoms with E-state index in [1.54, 1.807) is 0 Å². The Morgan fingerprint density at radius 2 is 1.58 bits per heavy atom. The number of benzene rings is 2. The minimum atomic E-state index is 0. The van der Waals surface area contributed by atoms with E-state index in [4.69, 9.17) is 0 Å². The molecule has 1 N–H and O–H groups in total. The van der Waals surface area contributed by atoms with E-state index in [2.05, 4.69) is 67.4 Å². The summed E-state index contributed by atoms with van der Waals surface area (Å²) in [6, 6.07) is 20.2. The second-order valence-electron chi connectivity index (χ2n) is 5.18. The van der Waals surface area contributed by atoms with Crippen LogP contribution in [0.3, 0.4) is 0 Å². The van der Waals surface area contributed by atoms with Crippen LogP contribution in [0.25, 0.3) is 11.1 Å². The van der Waals surface area contributed by atoms with Crippen molar-refractivity contribution in [3.63, 3.8) is 0 Å². The van der Waals surface area contributed by atoms with E-state index >= 15 is 0 Å². The molecule has 2 radical (unpaired) electrons. The van der Waals surface area contributed by atoms with Crippen molar-refractivity contribution in [3.05, 3.63) is 83.2 Å². The molecule has 0 bridgehead atoms. The number of nitrogens with one attached hydrogen (secondary N) is 1. The van der Waals surface area contributed by atoms with Gasteiger partial charge in [0.2, 0.25) is 0 Å². The van der Waals surface area contributed by atoms with Gasteiger partial charge in [0.05, 0.1) is 0 Å². The van der Waals surface area contributed by atoms with E-state index in [9.17, 15) is 0 Å². The van der Waals surface area contributed by atoms with Gasteiger partial charge in [0.25, 0.3) is 0 Å². The first kappa shape index (κ1) is 25.6. The molecule has 0 saturated carbocycles. The number of rotatable bonds is 0. The molecule has 0 aliphatic heterocycles. The molecule has 0 spiro atoms. The number of aromatic nitrogens is 1. The van der Waals surface area contributed by atoms with E-state index in [0.717, 1.165) is 6.42 Å². The Hall–Kier alpha value is -0.600. The Morgan fingerprint density at radius 3 is 2.17 bits per heavy atom. The van der Waals surface area contributed by atoms with Gasteiger partial charge in [-0.25, -0.2) is 0 Å². The molecule has 1 nitrogen and oxygen atoms in total. The third-order valence-corrected chi connectivity index (χ3v) is 3.84. The molecule has 2 aromatic carbocycles. The van der Waals surface area contributed by atoms with E-state index in [-0.39, 0.29) is 62.0 Å². The minimum absolute atomic E-state index is 0. The molecule has 0 amide bonds. The van der Waals surface area contributed by atoms with Crippen molar-refractivity contribution >= 4 is 11.0 Å². The van der Waals surface area contributed by atoms with Gasteiger partial charge in [0, 0.05) is 11.9 Å². The van der Waals surface area contributed by atoms with Crippen LogP contribution in [0.15, 0.2) is 54.7 Å². The molecule has 24 heavy (non-hydrogen) atoms. The molecule has 1 aliphatic carbocycles. The van der Waals surface area contributed by atoms with Crippen molar-refractivity contribution in [2.75, 3.05) is 0 Å². The van der Waals surface area contributed by atoms with Crippen LogP contribution in [-0.2, 0) is 32.6 Å². The Bertz CT molecular complexity index is 683. The topological polar surface area (TPSA) is 15.8 Å². The molecule has 4 rings (SSSR count). The van der Waals surface area contributed by atoms with Crippen LogP contribution in [0.4, 0.5) is 0 Å². The van der Waals surface area contributed by atoms with Crippen LogP contribution in [-0.4, -0.2) is 15.9 Å². The molecule has 5 heteroatoms. The first-order valence-electron chi connectivity index (χ1n) is 6.94. The Morgan fingerprint density at radius 1 is 0.917 bits per heavy atom. The van der Waals surface area contributed by atoms with Gasteiger partial charge >= 0.3 is 26.2 Å². The molecule has 0 atom stereocenters. The number of H-pyrrole nitrogens is 1. The SMILES string of the molecule is Cc1cc[nH]c1C.[Cl-].[Cl-].[SiH3].[Zr+3].[c-]1cccc2c1Cc1ccccc1-2. The molecule has 1 aliphatic rings. The fourth-order valence-corrected chi connectivity index (χ4v) is 2.53. The van der Waals surface area contributed by atoms with E-state index in [1.165, 1.54) is 33.5 Å². The predicted octanol–water partition coefficient (Wildman–Crippen LogP) is -2.49. The van der Waals surface area contributed by atoms with Gasteiger partial charge in [-0.2, -0.15) is 29.8 Å². The largest absolute Gasteiger partial charge is 3.00 e. The van der Waals surface area contributed by atoms with Crippen LogP contribution in [0.2, 0.25) is 0 Å². The first-order chi connectivity index (χ1) is 9.75. The van der Waals surface area contributed by atoms with Crippen molar-refractivity contribution in [2.24, 2.45) is 0 Å². The van der Waals surface area contributed by atoms with Gasteiger partial charge in [-0.05, 0) is 42.9 Å². The van der Waals surface area contributed by atoms with Crippen LogP contribution in [0, 0.1) is 19.9 Å². The Labute approximate surface area is 180 Å². The molecule has 0 fully saturated rings. The fraction of sp³-hybridized carbons (Fsp3) is 0.158. The maximum absolute atomic E-state index is 3.30. The number of fused-ring (bicyclic) bond motifs is 3. The van der Waals surface area contributed by atoms with Gasteiger partial charge in [0.15, 0.2) is 0 Å². The summed E-state index contributed by atoms with van der Waals surface area (Å²) in [7, 11) is 0. The molecule has 0 saturated heterocycles. The van der Waals surface area contributed by atoms with Crippen LogP contribution in [0.1, 0.15) is 22.4 Å². The normalized spacial score (nSPS) is 9.42. The van der Waals surface area contributed by atoms with Crippen LogP contribution in [0.5, 0.6) is 0 Å². The molecule has 124 valence electrons. The van der Waals surface area contributed by atoms with Gasteiger partial charge in [-0.3, -0.25) is 0 Å². The summed E-state index contributed by atoms with van der Waals surface area (Å²) in [5.41, 5.74) is 8.11. The van der Waals surface area contributed by atoms with Crippen molar-refractivity contribution in [1.82, 2.24) is 4.98 Å². The van der Waals surface area contributed by atoms with Gasteiger partial charge in [-0.15, -0.1) is 5.56 Å². The molecular formula is C19H21Cl2NSiZr. The summed E-state index contributed by atoms with van der Waals surface area (Å²) in [6.45, 7) is 4.15. The summed E-state index contributed by atoms with van der Waals surface area (Å²) < 4.78 is 0. The summed E-state index contributed by atoms with van der Waals surface area (Å²) in [6.07, 6.45) is 3.00. The van der Waals surface area contributed by atoms with Gasteiger partial charge in [0.1, 0.15) is 0 Å². The van der Waals surface area contributed by atoms with Gasteiger partial charge in [-0.1, -0.05) is 35.4 Å². The molecule has 1 aromatic heterocycles. The average molecular weight is 454 g/mol. The second-order valence-corrected chi connectivity index (χ2v) is 5.18. The third kappa shape index (κ3) is 5.74. The zero-order valence-electron chi connectivity index (χ0n) is 14.2. The molecule has 3 aromatic rings. The summed E-state index contributed by atoms with van der Waals surface area (Å²) in [5, 5.41) is 0. The number of aromatic amines is 1. The van der Waals surface area contributed by atoms with Crippen LogP contribution < -0.4 is 24.8 Å². The Kier molecular flexibility index (Phi) is 12.7. The van der Waals surface area contributed by atoms with E-state index in [1.807, 2.05) is 12.3 Å². The van der Waals surface area contributed by atoms with Crippen LogP contribution >= 0.6 is 0 Å². The zero-order chi connectivity index (χ0) is 13.9. The zero-order valence-corrected chi connectivity index (χ0v) is 20.1. The second kappa shape index (κ2) is 11.9. The summed E-state index contributed by atoms with van der Waals surface area (Å²) in [4.78, 5) is 3.07. The number of aryl methyl sites for hydroxylation is 2. The maximum Gasteiger partial charge on any atom is 3.00 e. The number of hydrogen-bond donors (Lipinski definition) is 1. The molecule has 0 unspecified atom stereocenters. The average Bonchev–Trinajstić information content (AvgIpc) is 3.03. The Balaban J connectivity index is 0. The van der Waals surface area contributed by atoms with Gasteiger partial charge < -0.3 is 29.8 Å². The monoisotopic (exact) mass is 451 g/mol. The quantitative estimate of drug-likeness (QED) is 0.224. The number of hydrogen-bond acceptors (Lipinski definition) is 0. The molecular weight excluding hydrogens is 432 g/mol. The molecule has 1 heterocycles. The third-order valence-electron chi connectivity index (χ3n) is 3.84. The summed E-state index contributed by atoms with van der Waals surface area (Å²) >= 11 is 0.